The largest absolute Gasteiger partial charge is 0.481 e. The molecule has 1 aliphatic heterocycles. The minimum absolute atomic E-state index is 0.0477. The van der Waals surface area contributed by atoms with Gasteiger partial charge < -0.3 is 10.0 Å². The third kappa shape index (κ3) is 2.00. The van der Waals surface area contributed by atoms with Gasteiger partial charge in [-0.1, -0.05) is 6.07 Å². The number of carboxylic acid groups (broad SMARTS) is 1. The van der Waals surface area contributed by atoms with Gasteiger partial charge in [0.1, 0.15) is 0 Å². The number of carbonyl (C=O) groups excluding carboxylic acids is 1. The van der Waals surface area contributed by atoms with Crippen LogP contribution in [0.1, 0.15) is 23.7 Å². The van der Waals surface area contributed by atoms with Crippen molar-refractivity contribution in [2.24, 2.45) is 5.92 Å². The Hall–Kier alpha value is -1.91. The maximum Gasteiger partial charge on any atom is 0.309 e. The SMILES string of the molecule is Cc1ccc(C2C(C(=O)O)CC(=O)N2C)nc1. The summed E-state index contributed by atoms with van der Waals surface area (Å²) >= 11 is 0. The zero-order valence-electron chi connectivity index (χ0n) is 9.75. The fraction of sp³-hybridized carbons (Fsp3) is 0.417. The second-order valence-corrected chi connectivity index (χ2v) is 4.36. The van der Waals surface area contributed by atoms with E-state index in [1.165, 1.54) is 4.90 Å². The van der Waals surface area contributed by atoms with Crippen LogP contribution in [0.25, 0.3) is 0 Å². The number of likely N-dealkylation sites (tertiary alicyclic amines) is 1. The van der Waals surface area contributed by atoms with Crippen LogP contribution >= 0.6 is 0 Å². The number of aromatic nitrogens is 1. The van der Waals surface area contributed by atoms with Crippen molar-refractivity contribution < 1.29 is 14.7 Å². The number of carbonyl (C=O) groups is 2. The molecule has 1 saturated heterocycles. The van der Waals surface area contributed by atoms with Crippen molar-refractivity contribution in [1.29, 1.82) is 0 Å². The minimum Gasteiger partial charge on any atom is -0.481 e. The molecule has 1 aromatic rings. The molecule has 1 amide bonds. The molecule has 0 saturated carbocycles. The molecule has 1 fully saturated rings. The zero-order chi connectivity index (χ0) is 12.6. The van der Waals surface area contributed by atoms with E-state index in [0.717, 1.165) is 5.56 Å². The molecule has 1 aliphatic rings. The quantitative estimate of drug-likeness (QED) is 0.828. The molecule has 1 N–H and O–H groups in total. The van der Waals surface area contributed by atoms with Gasteiger partial charge in [-0.2, -0.15) is 0 Å². The van der Waals surface area contributed by atoms with E-state index in [0.29, 0.717) is 5.69 Å². The standard InChI is InChI=1S/C12H14N2O3/c1-7-3-4-9(13-6-7)11-8(12(16)17)5-10(15)14(11)2/h3-4,6,8,11H,5H2,1-2H3,(H,16,17). The Labute approximate surface area is 99.1 Å². The van der Waals surface area contributed by atoms with Gasteiger partial charge in [-0.15, -0.1) is 0 Å². The van der Waals surface area contributed by atoms with Gasteiger partial charge in [0.15, 0.2) is 0 Å². The van der Waals surface area contributed by atoms with Gasteiger partial charge >= 0.3 is 5.97 Å². The summed E-state index contributed by atoms with van der Waals surface area (Å²) in [4.78, 5) is 28.4. The molecule has 0 bridgehead atoms. The topological polar surface area (TPSA) is 70.5 Å². The monoisotopic (exact) mass is 234 g/mol. The molecule has 5 heteroatoms. The first-order valence-electron chi connectivity index (χ1n) is 5.41. The predicted molar refractivity (Wildman–Crippen MR) is 60.2 cm³/mol. The molecule has 0 aromatic carbocycles. The van der Waals surface area contributed by atoms with E-state index in [4.69, 9.17) is 5.11 Å². The lowest BCUT2D eigenvalue weighted by Gasteiger charge is -2.22. The molecule has 0 radical (unpaired) electrons. The Bertz CT molecular complexity index is 455. The van der Waals surface area contributed by atoms with E-state index in [1.807, 2.05) is 13.0 Å². The van der Waals surface area contributed by atoms with Crippen LogP contribution in [0.4, 0.5) is 0 Å². The van der Waals surface area contributed by atoms with Gasteiger partial charge in [-0.3, -0.25) is 14.6 Å². The number of nitrogens with zero attached hydrogens (tertiary/aromatic N) is 2. The number of amides is 1. The second kappa shape index (κ2) is 4.16. The van der Waals surface area contributed by atoms with E-state index in [1.54, 1.807) is 19.3 Å². The van der Waals surface area contributed by atoms with Crippen LogP contribution in [0, 0.1) is 12.8 Å². The highest BCUT2D eigenvalue weighted by atomic mass is 16.4. The Morgan fingerprint density at radius 2 is 2.24 bits per heavy atom. The van der Waals surface area contributed by atoms with Gasteiger partial charge in [-0.25, -0.2) is 0 Å². The Morgan fingerprint density at radius 3 is 2.76 bits per heavy atom. The zero-order valence-corrected chi connectivity index (χ0v) is 9.75. The highest BCUT2D eigenvalue weighted by Gasteiger charge is 2.43. The van der Waals surface area contributed by atoms with Crippen molar-refractivity contribution in [1.82, 2.24) is 9.88 Å². The maximum absolute atomic E-state index is 11.6. The van der Waals surface area contributed by atoms with Crippen LogP contribution in [-0.2, 0) is 9.59 Å². The number of rotatable bonds is 2. The molecule has 2 heterocycles. The summed E-state index contributed by atoms with van der Waals surface area (Å²) in [5.41, 5.74) is 1.64. The first kappa shape index (κ1) is 11.6. The number of pyridine rings is 1. The van der Waals surface area contributed by atoms with Crippen LogP contribution in [-0.4, -0.2) is 33.9 Å². The number of carboxylic acids is 1. The Kier molecular flexibility index (Phi) is 2.83. The molecule has 2 rings (SSSR count). The minimum atomic E-state index is -0.949. The molecular weight excluding hydrogens is 220 g/mol. The second-order valence-electron chi connectivity index (χ2n) is 4.36. The van der Waals surface area contributed by atoms with Crippen molar-refractivity contribution in [3.05, 3.63) is 29.6 Å². The van der Waals surface area contributed by atoms with E-state index in [-0.39, 0.29) is 12.3 Å². The fourth-order valence-corrected chi connectivity index (χ4v) is 2.15. The van der Waals surface area contributed by atoms with Gasteiger partial charge in [0.25, 0.3) is 0 Å². The highest BCUT2D eigenvalue weighted by Crippen LogP contribution is 2.36. The summed E-state index contributed by atoms with van der Waals surface area (Å²) in [6.45, 7) is 1.91. The molecule has 2 unspecified atom stereocenters. The maximum atomic E-state index is 11.6. The number of hydrogen-bond acceptors (Lipinski definition) is 3. The Balaban J connectivity index is 2.37. The molecule has 1 aromatic heterocycles. The van der Waals surface area contributed by atoms with Crippen LogP contribution in [0.15, 0.2) is 18.3 Å². The summed E-state index contributed by atoms with van der Waals surface area (Å²) in [6, 6.07) is 3.20. The fourth-order valence-electron chi connectivity index (χ4n) is 2.15. The van der Waals surface area contributed by atoms with Gasteiger partial charge in [-0.05, 0) is 18.6 Å². The lowest BCUT2D eigenvalue weighted by atomic mass is 9.97. The first-order valence-corrected chi connectivity index (χ1v) is 5.41. The molecule has 0 spiro atoms. The smallest absolute Gasteiger partial charge is 0.309 e. The normalized spacial score (nSPS) is 24.1. The van der Waals surface area contributed by atoms with E-state index >= 15 is 0 Å². The Morgan fingerprint density at radius 1 is 1.53 bits per heavy atom. The lowest BCUT2D eigenvalue weighted by molar-refractivity contribution is -0.142. The summed E-state index contributed by atoms with van der Waals surface area (Å²) < 4.78 is 0. The first-order chi connectivity index (χ1) is 8.00. The molecule has 17 heavy (non-hydrogen) atoms. The number of hydrogen-bond donors (Lipinski definition) is 1. The van der Waals surface area contributed by atoms with Crippen molar-refractivity contribution in [2.75, 3.05) is 7.05 Å². The average molecular weight is 234 g/mol. The van der Waals surface area contributed by atoms with E-state index in [9.17, 15) is 9.59 Å². The number of aryl methyl sites for hydroxylation is 1. The summed E-state index contributed by atoms with van der Waals surface area (Å²) in [5.74, 6) is -1.80. The predicted octanol–water partition coefficient (Wildman–Crippen LogP) is 0.994. The number of aliphatic carboxylic acids is 1. The molecule has 2 atom stereocenters. The summed E-state index contributed by atoms with van der Waals surface area (Å²) in [7, 11) is 1.62. The lowest BCUT2D eigenvalue weighted by Crippen LogP contribution is -2.27. The van der Waals surface area contributed by atoms with Crippen molar-refractivity contribution >= 4 is 11.9 Å². The highest BCUT2D eigenvalue weighted by molar-refractivity contribution is 5.87. The summed E-state index contributed by atoms with van der Waals surface area (Å²) in [6.07, 6.45) is 1.73. The van der Waals surface area contributed by atoms with Crippen molar-refractivity contribution in [2.45, 2.75) is 19.4 Å². The van der Waals surface area contributed by atoms with Gasteiger partial charge in [0.2, 0.25) is 5.91 Å². The van der Waals surface area contributed by atoms with Crippen molar-refractivity contribution in [3.8, 4) is 0 Å². The molecular formula is C12H14N2O3. The third-order valence-corrected chi connectivity index (χ3v) is 3.14. The van der Waals surface area contributed by atoms with E-state index in [2.05, 4.69) is 4.98 Å². The van der Waals surface area contributed by atoms with Crippen LogP contribution in [0.2, 0.25) is 0 Å². The van der Waals surface area contributed by atoms with E-state index < -0.39 is 17.9 Å². The van der Waals surface area contributed by atoms with Crippen molar-refractivity contribution in [3.63, 3.8) is 0 Å². The van der Waals surface area contributed by atoms with Crippen LogP contribution in [0.3, 0.4) is 0 Å². The summed E-state index contributed by atoms with van der Waals surface area (Å²) in [5, 5.41) is 9.13. The van der Waals surface area contributed by atoms with Crippen LogP contribution < -0.4 is 0 Å². The van der Waals surface area contributed by atoms with Crippen LogP contribution in [0.5, 0.6) is 0 Å². The molecule has 90 valence electrons. The average Bonchev–Trinajstić information content (AvgIpc) is 2.57. The molecule has 5 nitrogen and oxygen atoms in total. The van der Waals surface area contributed by atoms with Gasteiger partial charge in [0, 0.05) is 19.7 Å². The molecule has 0 aliphatic carbocycles. The third-order valence-electron chi connectivity index (χ3n) is 3.14. The van der Waals surface area contributed by atoms with Gasteiger partial charge in [0.05, 0.1) is 17.7 Å².